The van der Waals surface area contributed by atoms with Crippen LogP contribution in [0.1, 0.15) is 30.9 Å². The normalized spacial score (nSPS) is 14.7. The molecule has 1 aliphatic carbocycles. The predicted octanol–water partition coefficient (Wildman–Crippen LogP) is 6.12. The monoisotopic (exact) mass is 432 g/mol. The summed E-state index contributed by atoms with van der Waals surface area (Å²) in [4.78, 5) is 14.0. The molecule has 1 saturated carbocycles. The molecule has 3 aromatic carbocycles. The highest BCUT2D eigenvalue weighted by atomic mass is 31.2. The maximum atomic E-state index is 14.0. The molecule has 4 rings (SSSR count). The Kier molecular flexibility index (Phi) is 5.58. The van der Waals surface area contributed by atoms with E-state index >= 15 is 0 Å². The fraction of sp³-hybridized carbons (Fsp3) is 0.222. The van der Waals surface area contributed by atoms with Gasteiger partial charge in [0.25, 0.3) is 5.91 Å². The minimum atomic E-state index is -2.28. The van der Waals surface area contributed by atoms with Crippen LogP contribution < -0.4 is 15.9 Å². The number of carbonyl (C=O) groups is 1. The van der Waals surface area contributed by atoms with E-state index in [-0.39, 0.29) is 11.7 Å². The number of halogens is 1. The zero-order valence-electron chi connectivity index (χ0n) is 18.3. The van der Waals surface area contributed by atoms with Gasteiger partial charge in [-0.05, 0) is 68.3 Å². The van der Waals surface area contributed by atoms with Gasteiger partial charge in [-0.3, -0.25) is 4.79 Å². The first-order valence-corrected chi connectivity index (χ1v) is 12.4. The van der Waals surface area contributed by atoms with Gasteiger partial charge < -0.3 is 5.32 Å². The number of hydrogen-bond acceptors (Lipinski definition) is 1. The third kappa shape index (κ3) is 3.42. The van der Waals surface area contributed by atoms with Crippen molar-refractivity contribution in [1.82, 2.24) is 0 Å². The van der Waals surface area contributed by atoms with E-state index < -0.39 is 12.4 Å². The maximum Gasteiger partial charge on any atom is 0.269 e. The van der Waals surface area contributed by atoms with Gasteiger partial charge in [-0.15, -0.1) is 0 Å². The Hall–Kier alpha value is -2.77. The van der Waals surface area contributed by atoms with Gasteiger partial charge in [0.1, 0.15) is 23.7 Å². The van der Waals surface area contributed by atoms with Crippen molar-refractivity contribution in [3.63, 3.8) is 0 Å². The van der Waals surface area contributed by atoms with Crippen LogP contribution in [-0.2, 0) is 4.79 Å². The summed E-state index contributed by atoms with van der Waals surface area (Å²) in [5, 5.41) is 6.04. The number of amides is 1. The van der Waals surface area contributed by atoms with Crippen LogP contribution in [0, 0.1) is 19.7 Å². The van der Waals surface area contributed by atoms with Crippen LogP contribution in [0.3, 0.4) is 0 Å². The lowest BCUT2D eigenvalue weighted by molar-refractivity contribution is -0.116. The molecule has 1 fully saturated rings. The van der Waals surface area contributed by atoms with Crippen molar-refractivity contribution in [2.24, 2.45) is 0 Å². The molecule has 0 radical (unpaired) electrons. The number of aryl methyl sites for hydroxylation is 2. The molecule has 0 heterocycles. The van der Waals surface area contributed by atoms with Gasteiger partial charge in [0.15, 0.2) is 5.16 Å². The van der Waals surface area contributed by atoms with Gasteiger partial charge >= 0.3 is 0 Å². The van der Waals surface area contributed by atoms with E-state index in [1.54, 1.807) is 0 Å². The molecular weight excluding hydrogens is 404 g/mol. The van der Waals surface area contributed by atoms with Crippen LogP contribution in [-0.4, -0.2) is 11.1 Å². The summed E-state index contributed by atoms with van der Waals surface area (Å²) >= 11 is 0. The molecule has 4 heteroatoms. The summed E-state index contributed by atoms with van der Waals surface area (Å²) in [5.74, 6) is -0.277. The Bertz CT molecular complexity index is 1070. The highest BCUT2D eigenvalue weighted by molar-refractivity contribution is 7.95. The summed E-state index contributed by atoms with van der Waals surface area (Å²) in [7, 11) is -2.28. The zero-order valence-corrected chi connectivity index (χ0v) is 19.2. The lowest BCUT2D eigenvalue weighted by atomic mass is 10.1. The Labute approximate surface area is 184 Å². The van der Waals surface area contributed by atoms with E-state index in [4.69, 9.17) is 0 Å². The highest BCUT2D eigenvalue weighted by Crippen LogP contribution is 2.80. The Morgan fingerprint density at radius 2 is 1.39 bits per heavy atom. The van der Waals surface area contributed by atoms with Gasteiger partial charge in [-0.1, -0.05) is 43.0 Å². The number of nitrogens with one attached hydrogen (secondary N) is 1. The highest BCUT2D eigenvalue weighted by Gasteiger charge is 2.73. The molecule has 0 atom stereocenters. The Balaban J connectivity index is 1.88. The zero-order chi connectivity index (χ0) is 22.2. The first-order chi connectivity index (χ1) is 14.8. The number of allylic oxidation sites excluding steroid dienone is 1. The third-order valence-electron chi connectivity index (χ3n) is 6.38. The van der Waals surface area contributed by atoms with Gasteiger partial charge in [0.2, 0.25) is 0 Å². The predicted molar refractivity (Wildman–Crippen MR) is 130 cm³/mol. The largest absolute Gasteiger partial charge is 0.322 e. The van der Waals surface area contributed by atoms with Crippen molar-refractivity contribution in [3.8, 4) is 0 Å². The number of carbonyl (C=O) groups excluding carboxylic acids is 1. The molecule has 158 valence electrons. The van der Waals surface area contributed by atoms with E-state index in [9.17, 15) is 9.18 Å². The second kappa shape index (κ2) is 8.05. The van der Waals surface area contributed by atoms with E-state index in [2.05, 4.69) is 43.1 Å². The van der Waals surface area contributed by atoms with E-state index in [1.165, 1.54) is 22.7 Å². The molecule has 0 aliphatic heterocycles. The van der Waals surface area contributed by atoms with Gasteiger partial charge in [-0.2, -0.15) is 0 Å². The van der Waals surface area contributed by atoms with Crippen molar-refractivity contribution in [3.05, 3.63) is 102 Å². The summed E-state index contributed by atoms with van der Waals surface area (Å²) in [6.07, 6.45) is 1.62. The van der Waals surface area contributed by atoms with Crippen LogP contribution in [0.2, 0.25) is 0 Å². The van der Waals surface area contributed by atoms with Gasteiger partial charge in [-0.25, -0.2) is 4.39 Å². The Morgan fingerprint density at radius 1 is 0.935 bits per heavy atom. The van der Waals surface area contributed by atoms with Crippen molar-refractivity contribution >= 4 is 29.5 Å². The number of hydrogen-bond donors (Lipinski definition) is 1. The number of rotatable bonds is 6. The molecule has 0 spiro atoms. The topological polar surface area (TPSA) is 29.1 Å². The van der Waals surface area contributed by atoms with Crippen LogP contribution in [0.5, 0.6) is 0 Å². The molecule has 3 aromatic rings. The van der Waals surface area contributed by atoms with Crippen molar-refractivity contribution in [1.29, 1.82) is 0 Å². The lowest BCUT2D eigenvalue weighted by Gasteiger charge is -2.34. The van der Waals surface area contributed by atoms with Gasteiger partial charge in [0.05, 0.1) is 5.31 Å². The SMILES string of the molecule is C=C(C)[P+](c1ccccc1)(c1ccccc1)C1(C(=O)Nc2c(C)cc(F)cc2C)CC1. The second-order valence-electron chi connectivity index (χ2n) is 8.48. The Morgan fingerprint density at radius 3 is 1.77 bits per heavy atom. The minimum Gasteiger partial charge on any atom is -0.322 e. The molecule has 1 aliphatic rings. The van der Waals surface area contributed by atoms with Crippen LogP contribution in [0.25, 0.3) is 0 Å². The molecular formula is C27H28FNOP+. The summed E-state index contributed by atoms with van der Waals surface area (Å²) < 4.78 is 13.8. The van der Waals surface area contributed by atoms with E-state index in [0.717, 1.165) is 29.3 Å². The molecule has 1 amide bonds. The van der Waals surface area contributed by atoms with E-state index in [0.29, 0.717) is 5.69 Å². The molecule has 31 heavy (non-hydrogen) atoms. The molecule has 0 saturated heterocycles. The quantitative estimate of drug-likeness (QED) is 0.468. The smallest absolute Gasteiger partial charge is 0.269 e. The fourth-order valence-corrected chi connectivity index (χ4v) is 10.2. The van der Waals surface area contributed by atoms with Crippen LogP contribution in [0.4, 0.5) is 10.1 Å². The van der Waals surface area contributed by atoms with Crippen LogP contribution >= 0.6 is 7.26 Å². The fourth-order valence-electron chi connectivity index (χ4n) is 4.92. The molecule has 0 aromatic heterocycles. The van der Waals surface area contributed by atoms with Crippen molar-refractivity contribution in [2.45, 2.75) is 38.8 Å². The molecule has 0 unspecified atom stereocenters. The average Bonchev–Trinajstić information content (AvgIpc) is 3.54. The summed E-state index contributed by atoms with van der Waals surface area (Å²) in [5.41, 5.74) is 2.18. The summed E-state index contributed by atoms with van der Waals surface area (Å²) in [6, 6.07) is 23.7. The lowest BCUT2D eigenvalue weighted by Crippen LogP contribution is -2.41. The van der Waals surface area contributed by atoms with Crippen LogP contribution in [0.15, 0.2) is 84.7 Å². The van der Waals surface area contributed by atoms with Gasteiger partial charge in [0, 0.05) is 18.5 Å². The molecule has 0 bridgehead atoms. The first-order valence-electron chi connectivity index (χ1n) is 10.6. The maximum absolute atomic E-state index is 14.0. The number of benzene rings is 3. The second-order valence-corrected chi connectivity index (χ2v) is 12.5. The van der Waals surface area contributed by atoms with Crippen molar-refractivity contribution in [2.75, 3.05) is 5.32 Å². The minimum absolute atomic E-state index is 0.00866. The third-order valence-corrected chi connectivity index (χ3v) is 11.6. The summed E-state index contributed by atoms with van der Waals surface area (Å²) in [6.45, 7) is 10.2. The first kappa shape index (κ1) is 21.5. The molecule has 2 nitrogen and oxygen atoms in total. The standard InChI is InChI=1S/C27H27FNOP/c1-19(2)31(23-11-7-5-8-12-23,24-13-9-6-10-14-24)27(15-16-27)26(30)29-25-20(3)17-22(28)18-21(25)4/h5-14,17-18H,1,15-16H2,2-4H3/p+1. The van der Waals surface area contributed by atoms with Crippen molar-refractivity contribution < 1.29 is 9.18 Å². The average molecular weight is 432 g/mol. The molecule has 1 N–H and O–H groups in total. The number of anilines is 1. The van der Waals surface area contributed by atoms with E-state index in [1.807, 2.05) is 50.2 Å².